The van der Waals surface area contributed by atoms with E-state index in [1.54, 1.807) is 0 Å². The third-order valence-electron chi connectivity index (χ3n) is 4.86. The fraction of sp³-hybridized carbons (Fsp3) is 0.250. The molecule has 27 heavy (non-hydrogen) atoms. The molecule has 1 aliphatic rings. The number of hydrogen-bond acceptors (Lipinski definition) is 3. The van der Waals surface area contributed by atoms with Crippen molar-refractivity contribution in [2.45, 2.75) is 6.54 Å². The van der Waals surface area contributed by atoms with E-state index in [-0.39, 0.29) is 10.6 Å². The van der Waals surface area contributed by atoms with E-state index in [1.807, 2.05) is 30.3 Å². The molecular formula is C20H20BrClN4O. The molecule has 2 aromatic carbocycles. The minimum atomic E-state index is -0.202. The van der Waals surface area contributed by atoms with E-state index in [0.717, 1.165) is 42.0 Å². The van der Waals surface area contributed by atoms with Gasteiger partial charge in [-0.15, -0.1) is 0 Å². The van der Waals surface area contributed by atoms with Crippen molar-refractivity contribution in [2.75, 3.05) is 31.1 Å². The second-order valence-electron chi connectivity index (χ2n) is 6.62. The highest BCUT2D eigenvalue weighted by Gasteiger charge is 2.21. The first-order valence-electron chi connectivity index (χ1n) is 8.89. The van der Waals surface area contributed by atoms with Crippen molar-refractivity contribution in [1.82, 2.24) is 14.7 Å². The fourth-order valence-electron chi connectivity index (χ4n) is 3.37. The monoisotopic (exact) mass is 446 g/mol. The Hall–Kier alpha value is -2.02. The molecule has 0 unspecified atom stereocenters. The number of H-pyrrole nitrogens is 1. The summed E-state index contributed by atoms with van der Waals surface area (Å²) < 4.78 is 2.60. The molecule has 1 N–H and O–H groups in total. The number of rotatable bonds is 4. The summed E-state index contributed by atoms with van der Waals surface area (Å²) in [4.78, 5) is 17.2. The molecule has 5 nitrogen and oxygen atoms in total. The SMILES string of the molecule is O=c1c(Cl)c(CN2CCN(c3ccc(Br)cc3)CC2)[nH]n1-c1ccccc1. The lowest BCUT2D eigenvalue weighted by molar-refractivity contribution is 0.247. The summed E-state index contributed by atoms with van der Waals surface area (Å²) in [5.41, 5.74) is 2.59. The number of aromatic amines is 1. The highest BCUT2D eigenvalue weighted by Crippen LogP contribution is 2.21. The third-order valence-corrected chi connectivity index (χ3v) is 5.78. The van der Waals surface area contributed by atoms with E-state index in [9.17, 15) is 4.79 Å². The average Bonchev–Trinajstić information content (AvgIpc) is 2.98. The van der Waals surface area contributed by atoms with Crippen LogP contribution in [0.25, 0.3) is 5.69 Å². The molecule has 2 heterocycles. The van der Waals surface area contributed by atoms with Crippen molar-refractivity contribution < 1.29 is 0 Å². The van der Waals surface area contributed by atoms with Crippen LogP contribution in [0, 0.1) is 0 Å². The second-order valence-corrected chi connectivity index (χ2v) is 7.91. The number of piperazine rings is 1. The van der Waals surface area contributed by atoms with Crippen molar-refractivity contribution in [3.8, 4) is 5.69 Å². The molecule has 0 bridgehead atoms. The lowest BCUT2D eigenvalue weighted by Gasteiger charge is -2.36. The van der Waals surface area contributed by atoms with Gasteiger partial charge in [-0.1, -0.05) is 45.7 Å². The summed E-state index contributed by atoms with van der Waals surface area (Å²) in [6, 6.07) is 17.9. The van der Waals surface area contributed by atoms with Crippen molar-refractivity contribution in [3.05, 3.63) is 80.1 Å². The maximum atomic E-state index is 12.5. The number of hydrogen-bond donors (Lipinski definition) is 1. The fourth-order valence-corrected chi connectivity index (χ4v) is 3.82. The van der Waals surface area contributed by atoms with Crippen LogP contribution in [0.1, 0.15) is 5.69 Å². The van der Waals surface area contributed by atoms with Gasteiger partial charge < -0.3 is 4.90 Å². The molecule has 1 fully saturated rings. The van der Waals surface area contributed by atoms with Gasteiger partial charge in [0.2, 0.25) is 0 Å². The van der Waals surface area contributed by atoms with E-state index < -0.39 is 0 Å². The maximum absolute atomic E-state index is 12.5. The molecular weight excluding hydrogens is 428 g/mol. The minimum Gasteiger partial charge on any atom is -0.369 e. The first-order valence-corrected chi connectivity index (χ1v) is 10.1. The average molecular weight is 448 g/mol. The molecule has 0 saturated carbocycles. The van der Waals surface area contributed by atoms with Crippen LogP contribution in [-0.4, -0.2) is 40.9 Å². The van der Waals surface area contributed by atoms with Crippen molar-refractivity contribution >= 4 is 33.2 Å². The molecule has 0 radical (unpaired) electrons. The van der Waals surface area contributed by atoms with Crippen LogP contribution < -0.4 is 10.5 Å². The molecule has 1 aromatic heterocycles. The lowest BCUT2D eigenvalue weighted by Crippen LogP contribution is -2.46. The number of aromatic nitrogens is 2. The number of nitrogens with one attached hydrogen (secondary N) is 1. The first-order chi connectivity index (χ1) is 13.1. The van der Waals surface area contributed by atoms with Gasteiger partial charge >= 0.3 is 0 Å². The summed E-state index contributed by atoms with van der Waals surface area (Å²) in [6.07, 6.45) is 0. The van der Waals surface area contributed by atoms with Gasteiger partial charge in [0, 0.05) is 42.9 Å². The van der Waals surface area contributed by atoms with Gasteiger partial charge in [-0.05, 0) is 36.4 Å². The second kappa shape index (κ2) is 7.92. The van der Waals surface area contributed by atoms with Crippen molar-refractivity contribution in [1.29, 1.82) is 0 Å². The van der Waals surface area contributed by atoms with Crippen LogP contribution in [0.3, 0.4) is 0 Å². The van der Waals surface area contributed by atoms with Crippen LogP contribution >= 0.6 is 27.5 Å². The van der Waals surface area contributed by atoms with E-state index in [0.29, 0.717) is 6.54 Å². The largest absolute Gasteiger partial charge is 0.369 e. The zero-order valence-corrected chi connectivity index (χ0v) is 17.1. The third kappa shape index (κ3) is 3.98. The summed E-state index contributed by atoms with van der Waals surface area (Å²) in [7, 11) is 0. The standard InChI is InChI=1S/C20H20BrClN4O/c21-15-6-8-16(9-7-15)25-12-10-24(11-13-25)14-18-19(22)20(27)26(23-18)17-4-2-1-3-5-17/h1-9,23H,10-14H2. The van der Waals surface area contributed by atoms with Crippen molar-refractivity contribution in [3.63, 3.8) is 0 Å². The summed E-state index contributed by atoms with van der Waals surface area (Å²) in [5.74, 6) is 0. The summed E-state index contributed by atoms with van der Waals surface area (Å²) in [5, 5.41) is 3.45. The molecule has 1 aliphatic heterocycles. The quantitative estimate of drug-likeness (QED) is 0.660. The van der Waals surface area contributed by atoms with Crippen LogP contribution in [-0.2, 0) is 6.54 Å². The maximum Gasteiger partial charge on any atom is 0.290 e. The Morgan fingerprint density at radius 1 is 0.926 bits per heavy atom. The Kier molecular flexibility index (Phi) is 5.38. The van der Waals surface area contributed by atoms with Crippen LogP contribution in [0.5, 0.6) is 0 Å². The highest BCUT2D eigenvalue weighted by molar-refractivity contribution is 9.10. The van der Waals surface area contributed by atoms with Gasteiger partial charge in [0.05, 0.1) is 11.4 Å². The van der Waals surface area contributed by atoms with Gasteiger partial charge in [0.15, 0.2) is 0 Å². The molecule has 0 amide bonds. The Morgan fingerprint density at radius 2 is 1.59 bits per heavy atom. The minimum absolute atomic E-state index is 0.202. The van der Waals surface area contributed by atoms with Gasteiger partial charge in [0.25, 0.3) is 5.56 Å². The molecule has 1 saturated heterocycles. The lowest BCUT2D eigenvalue weighted by atomic mass is 10.2. The molecule has 0 atom stereocenters. The Balaban J connectivity index is 1.44. The normalized spacial score (nSPS) is 15.3. The van der Waals surface area contributed by atoms with Gasteiger partial charge in [-0.2, -0.15) is 0 Å². The molecule has 3 aromatic rings. The first kappa shape index (κ1) is 18.3. The molecule has 4 rings (SSSR count). The van der Waals surface area contributed by atoms with Crippen LogP contribution in [0.2, 0.25) is 5.02 Å². The van der Waals surface area contributed by atoms with E-state index in [1.165, 1.54) is 10.4 Å². The summed E-state index contributed by atoms with van der Waals surface area (Å²) >= 11 is 9.79. The van der Waals surface area contributed by atoms with E-state index >= 15 is 0 Å². The zero-order chi connectivity index (χ0) is 18.8. The van der Waals surface area contributed by atoms with Crippen LogP contribution in [0.4, 0.5) is 5.69 Å². The van der Waals surface area contributed by atoms with Gasteiger partial charge in [-0.3, -0.25) is 14.8 Å². The Bertz CT molecular complexity index is 960. The molecule has 0 spiro atoms. The van der Waals surface area contributed by atoms with E-state index in [4.69, 9.17) is 11.6 Å². The predicted molar refractivity (Wildman–Crippen MR) is 113 cm³/mol. The molecule has 140 valence electrons. The van der Waals surface area contributed by atoms with E-state index in [2.05, 4.69) is 55.1 Å². The molecule has 0 aliphatic carbocycles. The predicted octanol–water partition coefficient (Wildman–Crippen LogP) is 3.90. The van der Waals surface area contributed by atoms with Gasteiger partial charge in [0.1, 0.15) is 5.02 Å². The summed E-state index contributed by atoms with van der Waals surface area (Å²) in [6.45, 7) is 4.38. The molecule has 7 heteroatoms. The number of benzene rings is 2. The Labute approximate surface area is 171 Å². The number of halogens is 2. The van der Waals surface area contributed by atoms with Crippen LogP contribution in [0.15, 0.2) is 63.9 Å². The van der Waals surface area contributed by atoms with Crippen molar-refractivity contribution in [2.24, 2.45) is 0 Å². The Morgan fingerprint density at radius 3 is 2.26 bits per heavy atom. The number of para-hydroxylation sites is 1. The topological polar surface area (TPSA) is 44.3 Å². The smallest absolute Gasteiger partial charge is 0.290 e. The number of anilines is 1. The number of nitrogens with zero attached hydrogens (tertiary/aromatic N) is 3. The highest BCUT2D eigenvalue weighted by atomic mass is 79.9. The van der Waals surface area contributed by atoms with Gasteiger partial charge in [-0.25, -0.2) is 4.68 Å². The zero-order valence-electron chi connectivity index (χ0n) is 14.7.